The van der Waals surface area contributed by atoms with E-state index in [0.29, 0.717) is 0 Å². The molecule has 0 fully saturated rings. The van der Waals surface area contributed by atoms with Gasteiger partial charge in [-0.15, -0.1) is 0 Å². The molecule has 94 valence electrons. The number of aliphatic carboxylic acids is 1. The molecule has 17 heavy (non-hydrogen) atoms. The van der Waals surface area contributed by atoms with E-state index in [4.69, 9.17) is 14.6 Å². The number of carboxylic acids is 1. The normalized spacial score (nSPS) is 12.5. The van der Waals surface area contributed by atoms with Gasteiger partial charge >= 0.3 is 5.97 Å². The summed E-state index contributed by atoms with van der Waals surface area (Å²) in [5.74, 6) is -0.161. The van der Waals surface area contributed by atoms with Crippen molar-refractivity contribution in [3.8, 4) is 5.75 Å². The van der Waals surface area contributed by atoms with Gasteiger partial charge in [0.05, 0.1) is 12.2 Å². The van der Waals surface area contributed by atoms with Crippen LogP contribution in [0.1, 0.15) is 32.4 Å². The lowest BCUT2D eigenvalue weighted by Crippen LogP contribution is -2.10. The fraction of sp³-hybridized carbons (Fsp3) is 0.462. The molecule has 0 saturated carbocycles. The molecule has 0 amide bonds. The van der Waals surface area contributed by atoms with Gasteiger partial charge in [-0.25, -0.2) is 4.79 Å². The summed E-state index contributed by atoms with van der Waals surface area (Å²) in [6, 6.07) is 7.47. The van der Waals surface area contributed by atoms with E-state index < -0.39 is 5.97 Å². The maximum atomic E-state index is 10.4. The van der Waals surface area contributed by atoms with Crippen molar-refractivity contribution in [1.82, 2.24) is 0 Å². The molecule has 0 spiro atoms. The third kappa shape index (κ3) is 4.87. The highest BCUT2D eigenvalue weighted by Gasteiger charge is 2.08. The lowest BCUT2D eigenvalue weighted by molar-refractivity contribution is -0.144. The van der Waals surface area contributed by atoms with Gasteiger partial charge in [0.1, 0.15) is 12.4 Å². The van der Waals surface area contributed by atoms with Crippen molar-refractivity contribution in [3.05, 3.63) is 29.8 Å². The van der Waals surface area contributed by atoms with Gasteiger partial charge in [-0.05, 0) is 38.5 Å². The molecule has 0 saturated heterocycles. The van der Waals surface area contributed by atoms with Gasteiger partial charge in [-0.1, -0.05) is 12.1 Å². The summed E-state index contributed by atoms with van der Waals surface area (Å²) in [5, 5.41) is 8.51. The quantitative estimate of drug-likeness (QED) is 0.827. The molecule has 0 aliphatic rings. The number of carboxylic acid groups (broad SMARTS) is 1. The molecule has 0 bridgehead atoms. The molecule has 0 radical (unpaired) electrons. The number of benzene rings is 1. The summed E-state index contributed by atoms with van der Waals surface area (Å²) in [5.41, 5.74) is 0.933. The van der Waals surface area contributed by atoms with Crippen LogP contribution in [0.5, 0.6) is 5.75 Å². The number of hydrogen-bond donors (Lipinski definition) is 1. The van der Waals surface area contributed by atoms with Crippen molar-refractivity contribution in [1.29, 1.82) is 0 Å². The second kappa shape index (κ2) is 6.25. The van der Waals surface area contributed by atoms with Crippen molar-refractivity contribution >= 4 is 5.97 Å². The molecule has 4 heteroatoms. The highest BCUT2D eigenvalue weighted by molar-refractivity contribution is 5.68. The molecule has 4 nitrogen and oxygen atoms in total. The molecule has 1 aromatic rings. The third-order valence-corrected chi connectivity index (χ3v) is 2.18. The molecule has 0 aliphatic heterocycles. The Labute approximate surface area is 101 Å². The predicted octanol–water partition coefficient (Wildman–Crippen LogP) is 2.64. The number of rotatable bonds is 6. The third-order valence-electron chi connectivity index (χ3n) is 2.18. The van der Waals surface area contributed by atoms with Crippen molar-refractivity contribution in [2.24, 2.45) is 0 Å². The molecule has 1 N–H and O–H groups in total. The zero-order chi connectivity index (χ0) is 12.8. The van der Waals surface area contributed by atoms with Gasteiger partial charge in [0.15, 0.2) is 0 Å². The molecular weight excluding hydrogens is 220 g/mol. The number of ether oxygens (including phenoxy) is 2. The Kier molecular flexibility index (Phi) is 4.97. The first-order valence-corrected chi connectivity index (χ1v) is 5.59. The summed E-state index contributed by atoms with van der Waals surface area (Å²) < 4.78 is 10.7. The Balaban J connectivity index is 2.57. The molecule has 1 aromatic carbocycles. The summed E-state index contributed by atoms with van der Waals surface area (Å²) in [7, 11) is 0. The lowest BCUT2D eigenvalue weighted by Gasteiger charge is -2.14. The average Bonchev–Trinajstić information content (AvgIpc) is 2.26. The topological polar surface area (TPSA) is 55.8 Å². The van der Waals surface area contributed by atoms with Crippen molar-refractivity contribution < 1.29 is 19.4 Å². The Bertz CT molecular complexity index is 356. The van der Waals surface area contributed by atoms with E-state index in [1.165, 1.54) is 0 Å². The van der Waals surface area contributed by atoms with Crippen LogP contribution >= 0.6 is 0 Å². The predicted molar refractivity (Wildman–Crippen MR) is 64.2 cm³/mol. The smallest absolute Gasteiger partial charge is 0.329 e. The minimum atomic E-state index is -0.961. The van der Waals surface area contributed by atoms with Crippen molar-refractivity contribution in [2.45, 2.75) is 33.0 Å². The van der Waals surface area contributed by atoms with Crippen LogP contribution in [0.4, 0.5) is 0 Å². The Morgan fingerprint density at radius 1 is 1.24 bits per heavy atom. The van der Waals surface area contributed by atoms with Crippen LogP contribution in [-0.4, -0.2) is 23.8 Å². The standard InChI is InChI=1S/C13H18O4/c1-9(2)17-12-6-4-11(5-7-12)10(3)16-8-13(14)15/h4-7,9-10H,8H2,1-3H3,(H,14,15). The molecule has 0 aromatic heterocycles. The molecule has 1 rings (SSSR count). The van der Waals surface area contributed by atoms with E-state index in [1.807, 2.05) is 45.0 Å². The van der Waals surface area contributed by atoms with Gasteiger partial charge in [0.25, 0.3) is 0 Å². The van der Waals surface area contributed by atoms with E-state index in [0.717, 1.165) is 11.3 Å². The second-order valence-corrected chi connectivity index (χ2v) is 4.08. The first-order chi connectivity index (χ1) is 7.99. The summed E-state index contributed by atoms with van der Waals surface area (Å²) in [6.07, 6.45) is -0.0965. The van der Waals surface area contributed by atoms with Gasteiger partial charge in [-0.3, -0.25) is 0 Å². The van der Waals surface area contributed by atoms with E-state index in [1.54, 1.807) is 0 Å². The van der Waals surface area contributed by atoms with Crippen LogP contribution in [-0.2, 0) is 9.53 Å². The molecule has 1 unspecified atom stereocenters. The summed E-state index contributed by atoms with van der Waals surface area (Å²) in [6.45, 7) is 5.46. The Morgan fingerprint density at radius 2 is 1.82 bits per heavy atom. The zero-order valence-corrected chi connectivity index (χ0v) is 10.3. The monoisotopic (exact) mass is 238 g/mol. The molecule has 1 atom stereocenters. The first kappa shape index (κ1) is 13.5. The Morgan fingerprint density at radius 3 is 2.29 bits per heavy atom. The lowest BCUT2D eigenvalue weighted by atomic mass is 10.1. The minimum Gasteiger partial charge on any atom is -0.491 e. The van der Waals surface area contributed by atoms with Gasteiger partial charge in [-0.2, -0.15) is 0 Å². The van der Waals surface area contributed by atoms with Crippen LogP contribution in [0, 0.1) is 0 Å². The summed E-state index contributed by atoms with van der Waals surface area (Å²) in [4.78, 5) is 10.4. The largest absolute Gasteiger partial charge is 0.491 e. The van der Waals surface area contributed by atoms with E-state index in [-0.39, 0.29) is 18.8 Å². The van der Waals surface area contributed by atoms with Crippen LogP contribution in [0.15, 0.2) is 24.3 Å². The maximum Gasteiger partial charge on any atom is 0.329 e. The average molecular weight is 238 g/mol. The van der Waals surface area contributed by atoms with Crippen LogP contribution < -0.4 is 4.74 Å². The molecular formula is C13H18O4. The zero-order valence-electron chi connectivity index (χ0n) is 10.3. The van der Waals surface area contributed by atoms with Gasteiger partial charge < -0.3 is 14.6 Å². The Hall–Kier alpha value is -1.55. The minimum absolute atomic E-state index is 0.140. The second-order valence-electron chi connectivity index (χ2n) is 4.08. The van der Waals surface area contributed by atoms with E-state index >= 15 is 0 Å². The van der Waals surface area contributed by atoms with Crippen LogP contribution in [0.25, 0.3) is 0 Å². The maximum absolute atomic E-state index is 10.4. The highest BCUT2D eigenvalue weighted by atomic mass is 16.5. The van der Waals surface area contributed by atoms with Gasteiger partial charge in [0, 0.05) is 0 Å². The highest BCUT2D eigenvalue weighted by Crippen LogP contribution is 2.20. The fourth-order valence-corrected chi connectivity index (χ4v) is 1.38. The fourth-order valence-electron chi connectivity index (χ4n) is 1.38. The summed E-state index contributed by atoms with van der Waals surface area (Å²) >= 11 is 0. The van der Waals surface area contributed by atoms with Crippen molar-refractivity contribution in [2.75, 3.05) is 6.61 Å². The first-order valence-electron chi connectivity index (χ1n) is 5.59. The van der Waals surface area contributed by atoms with Crippen molar-refractivity contribution in [3.63, 3.8) is 0 Å². The van der Waals surface area contributed by atoms with Gasteiger partial charge in [0.2, 0.25) is 0 Å². The number of hydrogen-bond acceptors (Lipinski definition) is 3. The van der Waals surface area contributed by atoms with Crippen LogP contribution in [0.2, 0.25) is 0 Å². The van der Waals surface area contributed by atoms with E-state index in [9.17, 15) is 4.79 Å². The van der Waals surface area contributed by atoms with E-state index in [2.05, 4.69) is 0 Å². The SMILES string of the molecule is CC(C)Oc1ccc(C(C)OCC(=O)O)cc1. The number of carbonyl (C=O) groups is 1. The molecule has 0 heterocycles. The van der Waals surface area contributed by atoms with Crippen LogP contribution in [0.3, 0.4) is 0 Å². The molecule has 0 aliphatic carbocycles.